The molecule has 112 valence electrons. The van der Waals surface area contributed by atoms with E-state index in [9.17, 15) is 0 Å². The van der Waals surface area contributed by atoms with Crippen LogP contribution in [0.15, 0.2) is 24.3 Å². The van der Waals surface area contributed by atoms with E-state index in [0.717, 1.165) is 0 Å². The molecule has 0 atom stereocenters. The summed E-state index contributed by atoms with van der Waals surface area (Å²) >= 11 is 12.3. The van der Waals surface area contributed by atoms with Crippen molar-refractivity contribution < 1.29 is 4.74 Å². The van der Waals surface area contributed by atoms with Crippen molar-refractivity contribution in [2.24, 2.45) is 0 Å². The quantitative estimate of drug-likeness (QED) is 0.836. The maximum atomic E-state index is 6.15. The molecule has 0 amide bonds. The first-order valence-electron chi connectivity index (χ1n) is 6.48. The van der Waals surface area contributed by atoms with E-state index in [1.54, 1.807) is 31.3 Å². The molecule has 7 heteroatoms. The molecule has 0 unspecified atom stereocenters. The Morgan fingerprint density at radius 1 is 1.14 bits per heavy atom. The highest BCUT2D eigenvalue weighted by atomic mass is 35.5. The fourth-order valence-corrected chi connectivity index (χ4v) is 2.18. The highest BCUT2D eigenvalue weighted by Crippen LogP contribution is 2.32. The molecule has 0 aliphatic carbocycles. The standard InChI is InChI=1S/C14H16Cl2N4O/c1-3-21-8-13-18-11(17-2)7-12(19-13)20-14-9(15)5-4-6-10(14)16/h4-7H,3,8H2,1-2H3,(H2,17,18,19,20). The summed E-state index contributed by atoms with van der Waals surface area (Å²) in [5, 5.41) is 7.16. The number of benzene rings is 1. The average molecular weight is 327 g/mol. The van der Waals surface area contributed by atoms with E-state index in [4.69, 9.17) is 27.9 Å². The van der Waals surface area contributed by atoms with Gasteiger partial charge in [-0.1, -0.05) is 29.3 Å². The van der Waals surface area contributed by atoms with Crippen molar-refractivity contribution >= 4 is 40.5 Å². The Labute approximate surface area is 133 Å². The molecule has 21 heavy (non-hydrogen) atoms. The highest BCUT2D eigenvalue weighted by molar-refractivity contribution is 6.39. The van der Waals surface area contributed by atoms with Crippen LogP contribution in [0.2, 0.25) is 10.0 Å². The molecule has 2 N–H and O–H groups in total. The molecule has 2 aromatic rings. The summed E-state index contributed by atoms with van der Waals surface area (Å²) in [6, 6.07) is 7.08. The van der Waals surface area contributed by atoms with Gasteiger partial charge in [0.2, 0.25) is 0 Å². The fourth-order valence-electron chi connectivity index (χ4n) is 1.69. The largest absolute Gasteiger partial charge is 0.374 e. The summed E-state index contributed by atoms with van der Waals surface area (Å²) in [6.07, 6.45) is 0. The third-order valence-electron chi connectivity index (χ3n) is 2.68. The number of nitrogens with one attached hydrogen (secondary N) is 2. The molecule has 1 heterocycles. The Balaban J connectivity index is 2.30. The zero-order valence-electron chi connectivity index (χ0n) is 11.8. The molecule has 0 saturated heterocycles. The minimum absolute atomic E-state index is 0.344. The molecule has 2 rings (SSSR count). The second-order valence-corrected chi connectivity index (χ2v) is 4.98. The summed E-state index contributed by atoms with van der Waals surface area (Å²) < 4.78 is 5.34. The van der Waals surface area contributed by atoms with Crippen LogP contribution in [0.3, 0.4) is 0 Å². The zero-order valence-corrected chi connectivity index (χ0v) is 13.3. The van der Waals surface area contributed by atoms with E-state index < -0.39 is 0 Å². The second-order valence-electron chi connectivity index (χ2n) is 4.16. The van der Waals surface area contributed by atoms with E-state index in [-0.39, 0.29) is 0 Å². The Bertz CT molecular complexity index is 602. The van der Waals surface area contributed by atoms with Crippen LogP contribution < -0.4 is 10.6 Å². The Morgan fingerprint density at radius 3 is 2.43 bits per heavy atom. The number of hydrogen-bond donors (Lipinski definition) is 2. The number of hydrogen-bond acceptors (Lipinski definition) is 5. The van der Waals surface area contributed by atoms with Gasteiger partial charge in [0.25, 0.3) is 0 Å². The van der Waals surface area contributed by atoms with Crippen LogP contribution in [0.4, 0.5) is 17.3 Å². The number of anilines is 3. The number of rotatable bonds is 6. The maximum absolute atomic E-state index is 6.15. The van der Waals surface area contributed by atoms with Gasteiger partial charge in [-0.3, -0.25) is 0 Å². The third kappa shape index (κ3) is 4.20. The van der Waals surface area contributed by atoms with Crippen molar-refractivity contribution in [2.75, 3.05) is 24.3 Å². The number of nitrogens with zero attached hydrogens (tertiary/aromatic N) is 2. The van der Waals surface area contributed by atoms with Crippen LogP contribution >= 0.6 is 23.2 Å². The maximum Gasteiger partial charge on any atom is 0.158 e. The monoisotopic (exact) mass is 326 g/mol. The molecule has 0 fully saturated rings. The van der Waals surface area contributed by atoms with Crippen LogP contribution in [0, 0.1) is 0 Å². The molecular weight excluding hydrogens is 311 g/mol. The zero-order chi connectivity index (χ0) is 15.2. The Morgan fingerprint density at radius 2 is 1.81 bits per heavy atom. The van der Waals surface area contributed by atoms with Crippen molar-refractivity contribution in [1.82, 2.24) is 9.97 Å². The number of aromatic nitrogens is 2. The average Bonchev–Trinajstić information content (AvgIpc) is 2.49. The lowest BCUT2D eigenvalue weighted by Crippen LogP contribution is -2.06. The molecule has 0 aliphatic heterocycles. The van der Waals surface area contributed by atoms with Gasteiger partial charge < -0.3 is 15.4 Å². The second kappa shape index (κ2) is 7.45. The summed E-state index contributed by atoms with van der Waals surface area (Å²) in [6.45, 7) is 2.87. The van der Waals surface area contributed by atoms with Crippen LogP contribution in [-0.4, -0.2) is 23.6 Å². The lowest BCUT2D eigenvalue weighted by Gasteiger charge is -2.12. The first kappa shape index (κ1) is 15.8. The lowest BCUT2D eigenvalue weighted by atomic mass is 10.3. The van der Waals surface area contributed by atoms with Crippen molar-refractivity contribution in [3.8, 4) is 0 Å². The van der Waals surface area contributed by atoms with Gasteiger partial charge in [-0.05, 0) is 19.1 Å². The predicted molar refractivity (Wildman–Crippen MR) is 86.7 cm³/mol. The van der Waals surface area contributed by atoms with Gasteiger partial charge in [-0.25, -0.2) is 9.97 Å². The molecule has 0 aliphatic rings. The smallest absolute Gasteiger partial charge is 0.158 e. The third-order valence-corrected chi connectivity index (χ3v) is 3.31. The van der Waals surface area contributed by atoms with Gasteiger partial charge in [0, 0.05) is 19.7 Å². The molecule has 0 spiro atoms. The summed E-state index contributed by atoms with van der Waals surface area (Å²) in [4.78, 5) is 8.71. The SMILES string of the molecule is CCOCc1nc(NC)cc(Nc2c(Cl)cccc2Cl)n1. The van der Waals surface area contributed by atoms with Crippen LogP contribution in [-0.2, 0) is 11.3 Å². The van der Waals surface area contributed by atoms with Gasteiger partial charge in [0.05, 0.1) is 15.7 Å². The summed E-state index contributed by atoms with van der Waals surface area (Å²) in [7, 11) is 1.79. The molecule has 5 nitrogen and oxygen atoms in total. The minimum atomic E-state index is 0.344. The summed E-state index contributed by atoms with van der Waals surface area (Å²) in [5.74, 6) is 1.86. The first-order valence-corrected chi connectivity index (χ1v) is 7.24. The van der Waals surface area contributed by atoms with Gasteiger partial charge in [0.15, 0.2) is 5.82 Å². The van der Waals surface area contributed by atoms with Crippen molar-refractivity contribution in [1.29, 1.82) is 0 Å². The van der Waals surface area contributed by atoms with E-state index in [1.165, 1.54) is 0 Å². The van der Waals surface area contributed by atoms with E-state index in [2.05, 4.69) is 20.6 Å². The lowest BCUT2D eigenvalue weighted by molar-refractivity contribution is 0.128. The van der Waals surface area contributed by atoms with Gasteiger partial charge in [-0.15, -0.1) is 0 Å². The fraction of sp³-hybridized carbons (Fsp3) is 0.286. The Kier molecular flexibility index (Phi) is 5.61. The Hall–Kier alpha value is -1.56. The van der Waals surface area contributed by atoms with E-state index >= 15 is 0 Å². The number of para-hydroxylation sites is 1. The van der Waals surface area contributed by atoms with Crippen LogP contribution in [0.1, 0.15) is 12.7 Å². The van der Waals surface area contributed by atoms with Crippen LogP contribution in [0.5, 0.6) is 0 Å². The topological polar surface area (TPSA) is 59.1 Å². The van der Waals surface area contributed by atoms with Crippen molar-refractivity contribution in [3.63, 3.8) is 0 Å². The van der Waals surface area contributed by atoms with E-state index in [0.29, 0.717) is 46.4 Å². The molecular formula is C14H16Cl2N4O. The summed E-state index contributed by atoms with van der Waals surface area (Å²) in [5.41, 5.74) is 0.615. The molecule has 0 radical (unpaired) electrons. The molecule has 0 saturated carbocycles. The van der Waals surface area contributed by atoms with Gasteiger partial charge in [-0.2, -0.15) is 0 Å². The first-order chi connectivity index (χ1) is 10.1. The predicted octanol–water partition coefficient (Wildman–Crippen LogP) is 4.11. The van der Waals surface area contributed by atoms with Crippen molar-refractivity contribution in [2.45, 2.75) is 13.5 Å². The van der Waals surface area contributed by atoms with Gasteiger partial charge in [0.1, 0.15) is 18.2 Å². The molecule has 0 bridgehead atoms. The normalized spacial score (nSPS) is 10.5. The van der Waals surface area contributed by atoms with Crippen molar-refractivity contribution in [3.05, 3.63) is 40.1 Å². The van der Waals surface area contributed by atoms with Gasteiger partial charge >= 0.3 is 0 Å². The number of ether oxygens (including phenoxy) is 1. The highest BCUT2D eigenvalue weighted by Gasteiger charge is 2.09. The number of halogens is 2. The minimum Gasteiger partial charge on any atom is -0.374 e. The van der Waals surface area contributed by atoms with Crippen LogP contribution in [0.25, 0.3) is 0 Å². The molecule has 1 aromatic heterocycles. The van der Waals surface area contributed by atoms with E-state index in [1.807, 2.05) is 6.92 Å². The molecule has 1 aromatic carbocycles.